The van der Waals surface area contributed by atoms with Crippen molar-refractivity contribution in [3.05, 3.63) is 6.07 Å². The standard InChI is InChI=1S/C12H22N4O/c1-5-6-14-10-7-11(16-12(13)15-10)17-9(4)8(2)3/h7-9H,5-6H2,1-4H3,(H3,13,14,15,16). The van der Waals surface area contributed by atoms with Crippen molar-refractivity contribution in [3.63, 3.8) is 0 Å². The topological polar surface area (TPSA) is 73.1 Å². The van der Waals surface area contributed by atoms with Gasteiger partial charge in [-0.2, -0.15) is 9.97 Å². The summed E-state index contributed by atoms with van der Waals surface area (Å²) in [7, 11) is 0. The number of hydrogen-bond acceptors (Lipinski definition) is 5. The zero-order valence-electron chi connectivity index (χ0n) is 11.0. The van der Waals surface area contributed by atoms with Crippen LogP contribution in [-0.2, 0) is 0 Å². The lowest BCUT2D eigenvalue weighted by molar-refractivity contribution is 0.163. The lowest BCUT2D eigenvalue weighted by Gasteiger charge is -2.17. The third-order valence-corrected chi connectivity index (χ3v) is 2.52. The van der Waals surface area contributed by atoms with Crippen molar-refractivity contribution in [1.82, 2.24) is 9.97 Å². The molecule has 0 aliphatic heterocycles. The van der Waals surface area contributed by atoms with Gasteiger partial charge in [-0.25, -0.2) is 0 Å². The van der Waals surface area contributed by atoms with Crippen LogP contribution in [0.5, 0.6) is 5.88 Å². The molecule has 0 saturated heterocycles. The Labute approximate surface area is 103 Å². The normalized spacial score (nSPS) is 12.5. The second kappa shape index (κ2) is 6.27. The van der Waals surface area contributed by atoms with Gasteiger partial charge >= 0.3 is 0 Å². The summed E-state index contributed by atoms with van der Waals surface area (Å²) in [6.45, 7) is 9.17. The molecule has 1 rings (SSSR count). The van der Waals surface area contributed by atoms with E-state index >= 15 is 0 Å². The summed E-state index contributed by atoms with van der Waals surface area (Å²) in [4.78, 5) is 8.17. The highest BCUT2D eigenvalue weighted by Crippen LogP contribution is 2.18. The summed E-state index contributed by atoms with van der Waals surface area (Å²) in [6.07, 6.45) is 1.13. The predicted octanol–water partition coefficient (Wildman–Crippen LogP) is 2.30. The van der Waals surface area contributed by atoms with Crippen molar-refractivity contribution >= 4 is 11.8 Å². The molecule has 5 nitrogen and oxygen atoms in total. The number of nitrogens with one attached hydrogen (secondary N) is 1. The van der Waals surface area contributed by atoms with Crippen LogP contribution in [0.25, 0.3) is 0 Å². The minimum Gasteiger partial charge on any atom is -0.474 e. The maximum atomic E-state index is 5.71. The lowest BCUT2D eigenvalue weighted by atomic mass is 10.1. The van der Waals surface area contributed by atoms with E-state index in [0.717, 1.165) is 13.0 Å². The van der Waals surface area contributed by atoms with E-state index in [4.69, 9.17) is 10.5 Å². The van der Waals surface area contributed by atoms with Crippen LogP contribution in [-0.4, -0.2) is 22.6 Å². The Hall–Kier alpha value is -1.52. The van der Waals surface area contributed by atoms with Crippen LogP contribution in [0.3, 0.4) is 0 Å². The summed E-state index contributed by atoms with van der Waals surface area (Å²) in [5.41, 5.74) is 5.64. The Morgan fingerprint density at radius 2 is 2.06 bits per heavy atom. The smallest absolute Gasteiger partial charge is 0.225 e. The second-order valence-electron chi connectivity index (χ2n) is 4.44. The van der Waals surface area contributed by atoms with E-state index in [-0.39, 0.29) is 12.1 Å². The Morgan fingerprint density at radius 3 is 2.65 bits per heavy atom. The molecule has 1 aromatic rings. The number of anilines is 2. The minimum atomic E-state index is 0.100. The van der Waals surface area contributed by atoms with Gasteiger partial charge in [0.2, 0.25) is 11.8 Å². The molecule has 0 saturated carbocycles. The molecule has 96 valence electrons. The van der Waals surface area contributed by atoms with Gasteiger partial charge < -0.3 is 15.8 Å². The van der Waals surface area contributed by atoms with Crippen LogP contribution in [0.1, 0.15) is 34.1 Å². The molecule has 0 radical (unpaired) electrons. The van der Waals surface area contributed by atoms with E-state index in [9.17, 15) is 0 Å². The Bertz CT molecular complexity index is 354. The average molecular weight is 238 g/mol. The molecule has 17 heavy (non-hydrogen) atoms. The van der Waals surface area contributed by atoms with Crippen LogP contribution < -0.4 is 15.8 Å². The Morgan fingerprint density at radius 1 is 1.35 bits per heavy atom. The fourth-order valence-electron chi connectivity index (χ4n) is 1.17. The SMILES string of the molecule is CCCNc1cc(OC(C)C(C)C)nc(N)n1. The van der Waals surface area contributed by atoms with Gasteiger partial charge in [-0.3, -0.25) is 0 Å². The number of rotatable bonds is 6. The van der Waals surface area contributed by atoms with Crippen LogP contribution in [0.2, 0.25) is 0 Å². The van der Waals surface area contributed by atoms with Gasteiger partial charge in [0.25, 0.3) is 0 Å². The molecule has 0 aromatic carbocycles. The van der Waals surface area contributed by atoms with E-state index in [1.807, 2.05) is 6.92 Å². The van der Waals surface area contributed by atoms with Crippen molar-refractivity contribution in [3.8, 4) is 5.88 Å². The van der Waals surface area contributed by atoms with Crippen LogP contribution in [0.4, 0.5) is 11.8 Å². The van der Waals surface area contributed by atoms with E-state index in [2.05, 4.69) is 36.1 Å². The van der Waals surface area contributed by atoms with Crippen molar-refractivity contribution < 1.29 is 4.74 Å². The fraction of sp³-hybridized carbons (Fsp3) is 0.667. The lowest BCUT2D eigenvalue weighted by Crippen LogP contribution is -2.19. The largest absolute Gasteiger partial charge is 0.474 e. The molecule has 1 heterocycles. The molecule has 1 atom stereocenters. The summed E-state index contributed by atoms with van der Waals surface area (Å²) < 4.78 is 5.71. The zero-order valence-corrected chi connectivity index (χ0v) is 11.0. The number of nitrogens with zero attached hydrogens (tertiary/aromatic N) is 2. The first-order valence-electron chi connectivity index (χ1n) is 6.08. The maximum absolute atomic E-state index is 5.71. The van der Waals surface area contributed by atoms with Crippen LogP contribution in [0, 0.1) is 5.92 Å². The van der Waals surface area contributed by atoms with E-state index in [1.54, 1.807) is 6.07 Å². The number of ether oxygens (including phenoxy) is 1. The third-order valence-electron chi connectivity index (χ3n) is 2.52. The molecule has 0 amide bonds. The highest BCUT2D eigenvalue weighted by Gasteiger charge is 2.11. The summed E-state index contributed by atoms with van der Waals surface area (Å²) in [5, 5.41) is 3.17. The number of nitrogens with two attached hydrogens (primary N) is 1. The number of aromatic nitrogens is 2. The molecule has 1 unspecified atom stereocenters. The average Bonchev–Trinajstić information content (AvgIpc) is 2.25. The van der Waals surface area contributed by atoms with Gasteiger partial charge in [-0.1, -0.05) is 20.8 Å². The maximum Gasteiger partial charge on any atom is 0.225 e. The molecule has 0 aliphatic carbocycles. The highest BCUT2D eigenvalue weighted by atomic mass is 16.5. The quantitative estimate of drug-likeness (QED) is 0.795. The summed E-state index contributed by atoms with van der Waals surface area (Å²) in [5.74, 6) is 1.90. The Kier molecular flexibility index (Phi) is 5.00. The molecule has 0 bridgehead atoms. The first-order valence-corrected chi connectivity index (χ1v) is 6.08. The molecule has 1 aromatic heterocycles. The third kappa shape index (κ3) is 4.46. The molecule has 5 heteroatoms. The van der Waals surface area contributed by atoms with Gasteiger partial charge in [-0.05, 0) is 19.3 Å². The molecular weight excluding hydrogens is 216 g/mol. The van der Waals surface area contributed by atoms with E-state index < -0.39 is 0 Å². The molecule has 0 spiro atoms. The monoisotopic (exact) mass is 238 g/mol. The highest BCUT2D eigenvalue weighted by molar-refractivity contribution is 5.42. The fourth-order valence-corrected chi connectivity index (χ4v) is 1.17. The van der Waals surface area contributed by atoms with Crippen molar-refractivity contribution in [2.24, 2.45) is 5.92 Å². The number of hydrogen-bond donors (Lipinski definition) is 2. The molecule has 0 aliphatic rings. The first kappa shape index (κ1) is 13.5. The van der Waals surface area contributed by atoms with Crippen molar-refractivity contribution in [1.29, 1.82) is 0 Å². The van der Waals surface area contributed by atoms with Gasteiger partial charge in [-0.15, -0.1) is 0 Å². The zero-order chi connectivity index (χ0) is 12.8. The van der Waals surface area contributed by atoms with Crippen LogP contribution in [0.15, 0.2) is 6.07 Å². The van der Waals surface area contributed by atoms with Crippen molar-refractivity contribution in [2.75, 3.05) is 17.6 Å². The van der Waals surface area contributed by atoms with E-state index in [1.165, 1.54) is 0 Å². The second-order valence-corrected chi connectivity index (χ2v) is 4.44. The van der Waals surface area contributed by atoms with Crippen LogP contribution >= 0.6 is 0 Å². The molecule has 3 N–H and O–H groups in total. The van der Waals surface area contributed by atoms with Gasteiger partial charge in [0.15, 0.2) is 0 Å². The Balaban J connectivity index is 2.74. The molecule has 0 fully saturated rings. The minimum absolute atomic E-state index is 0.100. The first-order chi connectivity index (χ1) is 8.02. The van der Waals surface area contributed by atoms with Gasteiger partial charge in [0.1, 0.15) is 5.82 Å². The predicted molar refractivity (Wildman–Crippen MR) is 70.2 cm³/mol. The van der Waals surface area contributed by atoms with Crippen molar-refractivity contribution in [2.45, 2.75) is 40.2 Å². The van der Waals surface area contributed by atoms with Gasteiger partial charge in [0.05, 0.1) is 6.10 Å². The molecular formula is C12H22N4O. The summed E-state index contributed by atoms with van der Waals surface area (Å²) >= 11 is 0. The van der Waals surface area contributed by atoms with E-state index in [0.29, 0.717) is 17.6 Å². The summed E-state index contributed by atoms with van der Waals surface area (Å²) in [6, 6.07) is 1.78. The van der Waals surface area contributed by atoms with Gasteiger partial charge in [0, 0.05) is 12.6 Å². The number of nitrogen functional groups attached to an aromatic ring is 1.